The van der Waals surface area contributed by atoms with Crippen LogP contribution in [0.5, 0.6) is 11.5 Å². The molecule has 1 aromatic heterocycles. The summed E-state index contributed by atoms with van der Waals surface area (Å²) >= 11 is 0. The Kier molecular flexibility index (Phi) is 2.56. The first-order valence-corrected chi connectivity index (χ1v) is 4.82. The molecule has 16 heavy (non-hydrogen) atoms. The van der Waals surface area contributed by atoms with Crippen LogP contribution in [0.4, 0.5) is 0 Å². The summed E-state index contributed by atoms with van der Waals surface area (Å²) in [5.74, 6) is 1.16. The molecule has 0 amide bonds. The summed E-state index contributed by atoms with van der Waals surface area (Å²) in [6.07, 6.45) is 0. The van der Waals surface area contributed by atoms with Gasteiger partial charge < -0.3 is 13.9 Å². The van der Waals surface area contributed by atoms with Gasteiger partial charge in [0.1, 0.15) is 5.75 Å². The van der Waals surface area contributed by atoms with E-state index in [-0.39, 0.29) is 5.63 Å². The van der Waals surface area contributed by atoms with Crippen molar-refractivity contribution in [2.24, 2.45) is 0 Å². The smallest absolute Gasteiger partial charge is 0.336 e. The van der Waals surface area contributed by atoms with E-state index < -0.39 is 0 Å². The van der Waals surface area contributed by atoms with E-state index in [1.807, 2.05) is 13.0 Å². The predicted molar refractivity (Wildman–Crippen MR) is 60.3 cm³/mol. The van der Waals surface area contributed by atoms with Crippen LogP contribution in [0.2, 0.25) is 0 Å². The van der Waals surface area contributed by atoms with Gasteiger partial charge in [0.2, 0.25) is 0 Å². The Morgan fingerprint density at radius 2 is 1.88 bits per heavy atom. The highest BCUT2D eigenvalue weighted by molar-refractivity contribution is 5.86. The molecule has 0 aliphatic heterocycles. The Morgan fingerprint density at radius 3 is 2.50 bits per heavy atom. The Labute approximate surface area is 92.4 Å². The quantitative estimate of drug-likeness (QED) is 0.727. The van der Waals surface area contributed by atoms with E-state index in [2.05, 4.69) is 0 Å². The van der Waals surface area contributed by atoms with Crippen molar-refractivity contribution >= 4 is 11.0 Å². The molecule has 0 spiro atoms. The van der Waals surface area contributed by atoms with Crippen LogP contribution in [0.25, 0.3) is 11.0 Å². The molecule has 0 saturated carbocycles. The minimum atomic E-state index is -0.381. The second-order valence-corrected chi connectivity index (χ2v) is 3.45. The summed E-state index contributed by atoms with van der Waals surface area (Å²) in [4.78, 5) is 11.3. The third-order valence-electron chi connectivity index (χ3n) is 2.45. The fourth-order valence-electron chi connectivity index (χ4n) is 1.63. The van der Waals surface area contributed by atoms with Crippen molar-refractivity contribution in [1.29, 1.82) is 0 Å². The molecule has 0 atom stereocenters. The lowest BCUT2D eigenvalue weighted by atomic mass is 10.1. The number of benzene rings is 1. The van der Waals surface area contributed by atoms with Crippen LogP contribution >= 0.6 is 0 Å². The van der Waals surface area contributed by atoms with Gasteiger partial charge in [-0.3, -0.25) is 0 Å². The fourth-order valence-corrected chi connectivity index (χ4v) is 1.63. The van der Waals surface area contributed by atoms with Crippen molar-refractivity contribution in [2.75, 3.05) is 14.2 Å². The van der Waals surface area contributed by atoms with Crippen LogP contribution < -0.4 is 15.1 Å². The number of rotatable bonds is 2. The Balaban J connectivity index is 2.89. The zero-order valence-electron chi connectivity index (χ0n) is 9.37. The maximum Gasteiger partial charge on any atom is 0.336 e. The Bertz CT molecular complexity index is 583. The summed E-state index contributed by atoms with van der Waals surface area (Å²) in [7, 11) is 3.10. The number of methoxy groups -OCH3 is 2. The minimum absolute atomic E-state index is 0.381. The number of aryl methyl sites for hydroxylation is 1. The molecule has 1 aromatic carbocycles. The van der Waals surface area contributed by atoms with Gasteiger partial charge in [-0.1, -0.05) is 0 Å². The highest BCUT2D eigenvalue weighted by Gasteiger charge is 2.10. The second-order valence-electron chi connectivity index (χ2n) is 3.45. The topological polar surface area (TPSA) is 48.7 Å². The van der Waals surface area contributed by atoms with E-state index in [0.717, 1.165) is 10.9 Å². The molecule has 0 saturated heterocycles. The van der Waals surface area contributed by atoms with Crippen molar-refractivity contribution in [1.82, 2.24) is 0 Å². The lowest BCUT2D eigenvalue weighted by Gasteiger charge is -2.08. The van der Waals surface area contributed by atoms with E-state index in [1.54, 1.807) is 13.2 Å². The average molecular weight is 220 g/mol. The lowest BCUT2D eigenvalue weighted by molar-refractivity contribution is 0.390. The van der Waals surface area contributed by atoms with Crippen molar-refractivity contribution in [3.05, 3.63) is 34.2 Å². The van der Waals surface area contributed by atoms with Gasteiger partial charge in [0.05, 0.1) is 14.2 Å². The maximum absolute atomic E-state index is 11.3. The Morgan fingerprint density at radius 1 is 1.12 bits per heavy atom. The lowest BCUT2D eigenvalue weighted by Crippen LogP contribution is -1.99. The highest BCUT2D eigenvalue weighted by Crippen LogP contribution is 2.31. The van der Waals surface area contributed by atoms with Gasteiger partial charge in [-0.05, 0) is 18.6 Å². The number of hydrogen-bond donors (Lipinski definition) is 0. The molecule has 4 heteroatoms. The van der Waals surface area contributed by atoms with E-state index in [9.17, 15) is 4.79 Å². The number of hydrogen-bond acceptors (Lipinski definition) is 4. The summed E-state index contributed by atoms with van der Waals surface area (Å²) in [5, 5.41) is 0.816. The van der Waals surface area contributed by atoms with Crippen LogP contribution in [0.15, 0.2) is 27.4 Å². The van der Waals surface area contributed by atoms with Gasteiger partial charge in [-0.2, -0.15) is 0 Å². The molecular formula is C12H12O4. The van der Waals surface area contributed by atoms with Crippen molar-refractivity contribution in [3.8, 4) is 11.5 Å². The molecule has 0 radical (unpaired) electrons. The van der Waals surface area contributed by atoms with Gasteiger partial charge in [-0.15, -0.1) is 0 Å². The van der Waals surface area contributed by atoms with Crippen molar-refractivity contribution < 1.29 is 13.9 Å². The fraction of sp³-hybridized carbons (Fsp3) is 0.250. The van der Waals surface area contributed by atoms with E-state index in [0.29, 0.717) is 17.1 Å². The molecule has 84 valence electrons. The summed E-state index contributed by atoms with van der Waals surface area (Å²) < 4.78 is 15.4. The minimum Gasteiger partial charge on any atom is -0.497 e. The summed E-state index contributed by atoms with van der Waals surface area (Å²) in [6, 6.07) is 4.95. The second kappa shape index (κ2) is 3.89. The molecule has 0 aliphatic rings. The third kappa shape index (κ3) is 1.62. The molecule has 0 fully saturated rings. The highest BCUT2D eigenvalue weighted by atomic mass is 16.5. The number of fused-ring (bicyclic) bond motifs is 1. The van der Waals surface area contributed by atoms with Crippen molar-refractivity contribution in [2.45, 2.75) is 6.92 Å². The molecule has 0 unspecified atom stereocenters. The van der Waals surface area contributed by atoms with Crippen LogP contribution in [0.1, 0.15) is 5.56 Å². The summed E-state index contributed by atoms with van der Waals surface area (Å²) in [5.41, 5.74) is 0.908. The first-order valence-electron chi connectivity index (χ1n) is 4.82. The van der Waals surface area contributed by atoms with Crippen LogP contribution in [-0.4, -0.2) is 14.2 Å². The standard InChI is InChI=1S/C12H12O4/c1-7-4-11(13)16-12-9(7)5-8(14-2)6-10(12)15-3/h4-6H,1-3H3. The van der Waals surface area contributed by atoms with E-state index in [4.69, 9.17) is 13.9 Å². The van der Waals surface area contributed by atoms with Crippen LogP contribution in [0, 0.1) is 6.92 Å². The Hall–Kier alpha value is -1.97. The molecule has 0 N–H and O–H groups in total. The van der Waals surface area contributed by atoms with Gasteiger partial charge >= 0.3 is 5.63 Å². The maximum atomic E-state index is 11.3. The summed E-state index contributed by atoms with van der Waals surface area (Å²) in [6.45, 7) is 1.85. The molecule has 2 rings (SSSR count). The molecule has 1 heterocycles. The zero-order valence-corrected chi connectivity index (χ0v) is 9.37. The molecule has 4 nitrogen and oxygen atoms in total. The zero-order chi connectivity index (χ0) is 11.7. The largest absolute Gasteiger partial charge is 0.497 e. The van der Waals surface area contributed by atoms with Gasteiger partial charge in [-0.25, -0.2) is 4.79 Å². The normalized spacial score (nSPS) is 10.4. The molecule has 0 bridgehead atoms. The first kappa shape index (κ1) is 10.5. The van der Waals surface area contributed by atoms with Crippen molar-refractivity contribution in [3.63, 3.8) is 0 Å². The number of ether oxygens (including phenoxy) is 2. The SMILES string of the molecule is COc1cc(OC)c2oc(=O)cc(C)c2c1. The molecule has 2 aromatic rings. The van der Waals surface area contributed by atoms with Gasteiger partial charge in [0.15, 0.2) is 11.3 Å². The van der Waals surface area contributed by atoms with Gasteiger partial charge in [0.25, 0.3) is 0 Å². The third-order valence-corrected chi connectivity index (χ3v) is 2.45. The molecule has 0 aliphatic carbocycles. The van der Waals surface area contributed by atoms with E-state index in [1.165, 1.54) is 13.2 Å². The predicted octanol–water partition coefficient (Wildman–Crippen LogP) is 2.12. The van der Waals surface area contributed by atoms with Crippen LogP contribution in [0.3, 0.4) is 0 Å². The van der Waals surface area contributed by atoms with Gasteiger partial charge in [0, 0.05) is 17.5 Å². The van der Waals surface area contributed by atoms with E-state index >= 15 is 0 Å². The van der Waals surface area contributed by atoms with Crippen LogP contribution in [-0.2, 0) is 0 Å². The first-order chi connectivity index (χ1) is 7.65. The average Bonchev–Trinajstić information content (AvgIpc) is 2.28. The molecular weight excluding hydrogens is 208 g/mol. The monoisotopic (exact) mass is 220 g/mol.